The van der Waals surface area contributed by atoms with E-state index in [1.54, 1.807) is 13.0 Å². The van der Waals surface area contributed by atoms with E-state index in [0.29, 0.717) is 16.7 Å². The van der Waals surface area contributed by atoms with Crippen LogP contribution >= 0.6 is 0 Å². The molecule has 2 aromatic carbocycles. The smallest absolute Gasteiger partial charge is 0.314 e. The lowest BCUT2D eigenvalue weighted by Crippen LogP contribution is -2.29. The molecular weight excluding hydrogens is 301 g/mol. The summed E-state index contributed by atoms with van der Waals surface area (Å²) in [5.74, 6) is -0.904. The van der Waals surface area contributed by atoms with Crippen molar-refractivity contribution < 1.29 is 9.18 Å². The van der Waals surface area contributed by atoms with E-state index >= 15 is 0 Å². The third-order valence-corrected chi connectivity index (χ3v) is 3.43. The molecule has 0 fully saturated rings. The Morgan fingerprint density at radius 3 is 2.43 bits per heavy atom. The number of carbonyl (C=O) groups excluding carboxylic acids is 1. The van der Waals surface area contributed by atoms with Crippen molar-refractivity contribution in [1.29, 1.82) is 0 Å². The summed E-state index contributed by atoms with van der Waals surface area (Å²) >= 11 is 0. The van der Waals surface area contributed by atoms with Gasteiger partial charge < -0.3 is 15.3 Å². The van der Waals surface area contributed by atoms with E-state index in [1.807, 2.05) is 0 Å². The fraction of sp³-hybridized carbons (Fsp3) is 0.0625. The van der Waals surface area contributed by atoms with Crippen LogP contribution in [0, 0.1) is 12.7 Å². The Hall–Kier alpha value is -3.22. The maximum Gasteiger partial charge on any atom is 0.314 e. The van der Waals surface area contributed by atoms with E-state index in [9.17, 15) is 18.8 Å². The molecule has 0 aliphatic rings. The molecule has 116 valence electrons. The lowest BCUT2D eigenvalue weighted by atomic mass is 10.1. The molecule has 3 rings (SSSR count). The summed E-state index contributed by atoms with van der Waals surface area (Å²) < 4.78 is 13.3. The number of nitrogens with one attached hydrogen (secondary N) is 3. The monoisotopic (exact) mass is 313 g/mol. The Balaban J connectivity index is 1.97. The fourth-order valence-corrected chi connectivity index (χ4v) is 2.18. The first-order valence-electron chi connectivity index (χ1n) is 6.78. The topological polar surface area (TPSA) is 94.8 Å². The van der Waals surface area contributed by atoms with Gasteiger partial charge in [-0.1, -0.05) is 6.07 Å². The van der Waals surface area contributed by atoms with Crippen LogP contribution in [-0.4, -0.2) is 15.9 Å². The minimum atomic E-state index is -0.795. The van der Waals surface area contributed by atoms with Crippen molar-refractivity contribution in [3.63, 3.8) is 0 Å². The van der Waals surface area contributed by atoms with Crippen LogP contribution in [0.15, 0.2) is 46.0 Å². The predicted octanol–water partition coefficient (Wildman–Crippen LogP) is 1.92. The van der Waals surface area contributed by atoms with Crippen LogP contribution in [0.25, 0.3) is 11.0 Å². The van der Waals surface area contributed by atoms with E-state index in [4.69, 9.17) is 0 Å². The first-order chi connectivity index (χ1) is 10.9. The number of rotatable bonds is 2. The zero-order chi connectivity index (χ0) is 16.6. The summed E-state index contributed by atoms with van der Waals surface area (Å²) in [4.78, 5) is 39.7. The van der Waals surface area contributed by atoms with Gasteiger partial charge in [0.25, 0.3) is 5.91 Å². The first-order valence-corrected chi connectivity index (χ1v) is 6.78. The molecular formula is C16H12FN3O3. The Kier molecular flexibility index (Phi) is 3.53. The average molecular weight is 313 g/mol. The quantitative estimate of drug-likeness (QED) is 0.631. The summed E-state index contributed by atoms with van der Waals surface area (Å²) in [6.07, 6.45) is 0. The Morgan fingerprint density at radius 1 is 1.00 bits per heavy atom. The van der Waals surface area contributed by atoms with Crippen molar-refractivity contribution in [2.24, 2.45) is 0 Å². The largest absolute Gasteiger partial charge is 0.322 e. The molecule has 23 heavy (non-hydrogen) atoms. The van der Waals surface area contributed by atoms with E-state index in [2.05, 4.69) is 15.3 Å². The molecule has 0 unspecified atom stereocenters. The first kappa shape index (κ1) is 14.7. The van der Waals surface area contributed by atoms with Gasteiger partial charge in [-0.05, 0) is 42.8 Å². The molecule has 0 bridgehead atoms. The van der Waals surface area contributed by atoms with Gasteiger partial charge in [0.15, 0.2) is 0 Å². The number of hydrogen-bond donors (Lipinski definition) is 3. The minimum absolute atomic E-state index is 0.267. The average Bonchev–Trinajstić information content (AvgIpc) is 2.51. The zero-order valence-corrected chi connectivity index (χ0v) is 12.1. The molecule has 3 aromatic rings. The number of fused-ring (bicyclic) bond motifs is 1. The van der Waals surface area contributed by atoms with Crippen LogP contribution in [0.3, 0.4) is 0 Å². The summed E-state index contributed by atoms with van der Waals surface area (Å²) in [7, 11) is 0. The number of amides is 1. The number of aryl methyl sites for hydroxylation is 1. The van der Waals surface area contributed by atoms with Crippen molar-refractivity contribution in [3.8, 4) is 0 Å². The summed E-state index contributed by atoms with van der Waals surface area (Å²) in [5, 5.41) is 2.62. The van der Waals surface area contributed by atoms with Crippen LogP contribution in [0.2, 0.25) is 0 Å². The number of aromatic amines is 2. The van der Waals surface area contributed by atoms with Crippen LogP contribution in [0.4, 0.5) is 10.1 Å². The van der Waals surface area contributed by atoms with Crippen LogP contribution in [0.5, 0.6) is 0 Å². The summed E-state index contributed by atoms with van der Waals surface area (Å²) in [5.41, 5.74) is 0.541. The van der Waals surface area contributed by atoms with E-state index in [0.717, 1.165) is 5.56 Å². The molecule has 6 nitrogen and oxygen atoms in total. The van der Waals surface area contributed by atoms with Gasteiger partial charge in [0.05, 0.1) is 11.0 Å². The van der Waals surface area contributed by atoms with Crippen LogP contribution < -0.4 is 16.4 Å². The van der Waals surface area contributed by atoms with Gasteiger partial charge in [-0.15, -0.1) is 0 Å². The number of aromatic nitrogens is 2. The van der Waals surface area contributed by atoms with E-state index in [-0.39, 0.29) is 5.56 Å². The Morgan fingerprint density at radius 2 is 1.70 bits per heavy atom. The maximum atomic E-state index is 13.3. The van der Waals surface area contributed by atoms with Crippen LogP contribution in [0.1, 0.15) is 15.9 Å². The van der Waals surface area contributed by atoms with Crippen molar-refractivity contribution in [3.05, 3.63) is 74.0 Å². The van der Waals surface area contributed by atoms with Gasteiger partial charge in [-0.2, -0.15) is 0 Å². The Labute approximate surface area is 129 Å². The molecule has 1 aromatic heterocycles. The lowest BCUT2D eigenvalue weighted by molar-refractivity contribution is 0.102. The van der Waals surface area contributed by atoms with Crippen molar-refractivity contribution in [1.82, 2.24) is 9.97 Å². The number of H-pyrrole nitrogens is 2. The second-order valence-electron chi connectivity index (χ2n) is 5.08. The third kappa shape index (κ3) is 2.89. The van der Waals surface area contributed by atoms with Crippen molar-refractivity contribution in [2.45, 2.75) is 6.92 Å². The molecule has 0 saturated heterocycles. The highest BCUT2D eigenvalue weighted by Gasteiger charge is 2.10. The number of hydrogen-bond acceptors (Lipinski definition) is 3. The van der Waals surface area contributed by atoms with Gasteiger partial charge in [0.1, 0.15) is 5.82 Å². The van der Waals surface area contributed by atoms with E-state index in [1.165, 1.54) is 30.3 Å². The van der Waals surface area contributed by atoms with Gasteiger partial charge in [0.2, 0.25) is 0 Å². The number of halogens is 1. The van der Waals surface area contributed by atoms with E-state index < -0.39 is 22.8 Å². The zero-order valence-electron chi connectivity index (χ0n) is 12.1. The molecule has 1 amide bonds. The van der Waals surface area contributed by atoms with Crippen molar-refractivity contribution in [2.75, 3.05) is 5.32 Å². The normalized spacial score (nSPS) is 10.7. The molecule has 0 saturated carbocycles. The SMILES string of the molecule is Cc1ccc(F)cc1NC(=O)c1ccc2[nH]c(=O)c(=O)[nH]c2c1. The highest BCUT2D eigenvalue weighted by atomic mass is 19.1. The lowest BCUT2D eigenvalue weighted by Gasteiger charge is -2.09. The third-order valence-electron chi connectivity index (χ3n) is 3.43. The summed E-state index contributed by atoms with van der Waals surface area (Å²) in [6.45, 7) is 1.75. The second kappa shape index (κ2) is 5.53. The number of anilines is 1. The maximum absolute atomic E-state index is 13.3. The van der Waals surface area contributed by atoms with Gasteiger partial charge >= 0.3 is 11.1 Å². The van der Waals surface area contributed by atoms with Gasteiger partial charge in [0, 0.05) is 11.3 Å². The molecule has 3 N–H and O–H groups in total. The molecule has 0 aliphatic carbocycles. The summed E-state index contributed by atoms with van der Waals surface area (Å²) in [6, 6.07) is 8.56. The molecule has 0 atom stereocenters. The fourth-order valence-electron chi connectivity index (χ4n) is 2.18. The standard InChI is InChI=1S/C16H12FN3O3/c1-8-2-4-10(17)7-12(8)19-14(21)9-3-5-11-13(6-9)20-16(23)15(22)18-11/h2-7H,1H3,(H,18,22)(H,19,21)(H,20,23). The molecule has 1 heterocycles. The Bertz CT molecular complexity index is 1040. The number of benzene rings is 2. The van der Waals surface area contributed by atoms with Gasteiger partial charge in [-0.3, -0.25) is 14.4 Å². The predicted molar refractivity (Wildman–Crippen MR) is 84.3 cm³/mol. The van der Waals surface area contributed by atoms with Gasteiger partial charge in [-0.25, -0.2) is 4.39 Å². The van der Waals surface area contributed by atoms with Crippen LogP contribution in [-0.2, 0) is 0 Å². The second-order valence-corrected chi connectivity index (χ2v) is 5.08. The number of carbonyl (C=O) groups is 1. The van der Waals surface area contributed by atoms with Crippen molar-refractivity contribution >= 4 is 22.6 Å². The molecule has 0 spiro atoms. The molecule has 7 heteroatoms. The highest BCUT2D eigenvalue weighted by molar-refractivity contribution is 6.06. The minimum Gasteiger partial charge on any atom is -0.322 e. The molecule has 0 radical (unpaired) electrons. The molecule has 0 aliphatic heterocycles. The highest BCUT2D eigenvalue weighted by Crippen LogP contribution is 2.18.